The number of benzene rings is 2. The second kappa shape index (κ2) is 5.70. The van der Waals surface area contributed by atoms with E-state index in [-0.39, 0.29) is 11.5 Å². The lowest BCUT2D eigenvalue weighted by Gasteiger charge is -2.15. The van der Waals surface area contributed by atoms with Gasteiger partial charge in [-0.3, -0.25) is 0 Å². The lowest BCUT2D eigenvalue weighted by atomic mass is 9.94. The number of hydrogen-bond donors (Lipinski definition) is 1. The zero-order chi connectivity index (χ0) is 14.8. The summed E-state index contributed by atoms with van der Waals surface area (Å²) in [5, 5.41) is 11.0. The summed E-state index contributed by atoms with van der Waals surface area (Å²) in [4.78, 5) is 0. The SMILES string of the molecule is CC(CC(O)c1cc2cccc(F)c2o1)c1ccccc1. The molecule has 2 aromatic carbocycles. The van der Waals surface area contributed by atoms with Crippen LogP contribution in [0.3, 0.4) is 0 Å². The molecule has 0 radical (unpaired) electrons. The van der Waals surface area contributed by atoms with E-state index < -0.39 is 11.9 Å². The van der Waals surface area contributed by atoms with Crippen LogP contribution >= 0.6 is 0 Å². The van der Waals surface area contributed by atoms with Gasteiger partial charge in [-0.15, -0.1) is 0 Å². The standard InChI is InChI=1S/C18H17FO2/c1-12(13-6-3-2-4-7-13)10-16(20)17-11-14-8-5-9-15(19)18(14)21-17/h2-9,11-12,16,20H,10H2,1H3. The molecule has 3 heteroatoms. The Hall–Kier alpha value is -2.13. The van der Waals surface area contributed by atoms with Gasteiger partial charge in [0.25, 0.3) is 0 Å². The van der Waals surface area contributed by atoms with E-state index in [4.69, 9.17) is 4.42 Å². The Balaban J connectivity index is 1.81. The first-order valence-electron chi connectivity index (χ1n) is 7.06. The number of aliphatic hydroxyl groups is 1. The number of halogens is 1. The number of rotatable bonds is 4. The summed E-state index contributed by atoms with van der Waals surface area (Å²) < 4.78 is 19.1. The van der Waals surface area contributed by atoms with Gasteiger partial charge in [0, 0.05) is 5.39 Å². The molecule has 0 amide bonds. The quantitative estimate of drug-likeness (QED) is 0.746. The molecule has 2 nitrogen and oxygen atoms in total. The molecule has 0 fully saturated rings. The Morgan fingerprint density at radius 1 is 1.10 bits per heavy atom. The Morgan fingerprint density at radius 2 is 1.86 bits per heavy atom. The van der Waals surface area contributed by atoms with Crippen molar-refractivity contribution in [2.75, 3.05) is 0 Å². The van der Waals surface area contributed by atoms with E-state index in [1.807, 2.05) is 30.3 Å². The lowest BCUT2D eigenvalue weighted by Crippen LogP contribution is -2.02. The first kappa shape index (κ1) is 13.8. The summed E-state index contributed by atoms with van der Waals surface area (Å²) in [5.74, 6) is 0.208. The minimum atomic E-state index is -0.744. The number of hydrogen-bond acceptors (Lipinski definition) is 2. The smallest absolute Gasteiger partial charge is 0.170 e. The van der Waals surface area contributed by atoms with E-state index in [2.05, 4.69) is 6.92 Å². The van der Waals surface area contributed by atoms with Gasteiger partial charge in [0.1, 0.15) is 11.9 Å². The van der Waals surface area contributed by atoms with E-state index in [0.29, 0.717) is 17.6 Å². The topological polar surface area (TPSA) is 33.4 Å². The van der Waals surface area contributed by atoms with Gasteiger partial charge in [0.2, 0.25) is 0 Å². The molecule has 1 heterocycles. The summed E-state index contributed by atoms with van der Waals surface area (Å²) in [5.41, 5.74) is 1.37. The van der Waals surface area contributed by atoms with Crippen LogP contribution in [-0.4, -0.2) is 5.11 Å². The molecular weight excluding hydrogens is 267 g/mol. The van der Waals surface area contributed by atoms with Gasteiger partial charge >= 0.3 is 0 Å². The maximum absolute atomic E-state index is 13.6. The van der Waals surface area contributed by atoms with Gasteiger partial charge in [-0.1, -0.05) is 49.4 Å². The highest BCUT2D eigenvalue weighted by Crippen LogP contribution is 2.31. The molecule has 0 bridgehead atoms. The van der Waals surface area contributed by atoms with Crippen LogP contribution in [0, 0.1) is 5.82 Å². The molecule has 0 spiro atoms. The lowest BCUT2D eigenvalue weighted by molar-refractivity contribution is 0.135. The molecule has 1 aromatic heterocycles. The Kier molecular flexibility index (Phi) is 3.76. The van der Waals surface area contributed by atoms with Crippen molar-refractivity contribution in [2.45, 2.75) is 25.4 Å². The van der Waals surface area contributed by atoms with E-state index >= 15 is 0 Å². The summed E-state index contributed by atoms with van der Waals surface area (Å²) in [6.07, 6.45) is -0.210. The van der Waals surface area contributed by atoms with Crippen LogP contribution in [0.2, 0.25) is 0 Å². The number of furan rings is 1. The Labute approximate surface area is 122 Å². The van der Waals surface area contributed by atoms with Crippen molar-refractivity contribution in [3.8, 4) is 0 Å². The van der Waals surface area contributed by atoms with Gasteiger partial charge in [-0.2, -0.15) is 0 Å². The minimum Gasteiger partial charge on any atom is -0.455 e. The van der Waals surface area contributed by atoms with E-state index in [1.54, 1.807) is 18.2 Å². The maximum atomic E-state index is 13.6. The van der Waals surface area contributed by atoms with Crippen LogP contribution in [-0.2, 0) is 0 Å². The monoisotopic (exact) mass is 284 g/mol. The van der Waals surface area contributed by atoms with Gasteiger partial charge in [-0.05, 0) is 30.0 Å². The molecule has 1 N–H and O–H groups in total. The molecule has 3 rings (SSSR count). The molecule has 0 aliphatic rings. The highest BCUT2D eigenvalue weighted by atomic mass is 19.1. The summed E-state index contributed by atoms with van der Waals surface area (Å²) in [6, 6.07) is 16.5. The van der Waals surface area contributed by atoms with Crippen molar-refractivity contribution >= 4 is 11.0 Å². The zero-order valence-corrected chi connectivity index (χ0v) is 11.8. The van der Waals surface area contributed by atoms with Gasteiger partial charge in [0.15, 0.2) is 11.4 Å². The van der Waals surface area contributed by atoms with Crippen molar-refractivity contribution in [1.82, 2.24) is 0 Å². The largest absolute Gasteiger partial charge is 0.455 e. The summed E-state index contributed by atoms with van der Waals surface area (Å²) >= 11 is 0. The molecule has 0 aliphatic heterocycles. The van der Waals surface area contributed by atoms with Crippen molar-refractivity contribution in [2.24, 2.45) is 0 Å². The average molecular weight is 284 g/mol. The fourth-order valence-corrected chi connectivity index (χ4v) is 2.58. The molecule has 108 valence electrons. The van der Waals surface area contributed by atoms with Gasteiger partial charge < -0.3 is 9.52 Å². The summed E-state index contributed by atoms with van der Waals surface area (Å²) in [7, 11) is 0. The fraction of sp³-hybridized carbons (Fsp3) is 0.222. The van der Waals surface area contributed by atoms with Crippen molar-refractivity contribution in [3.05, 3.63) is 71.7 Å². The fourth-order valence-electron chi connectivity index (χ4n) is 2.58. The Morgan fingerprint density at radius 3 is 2.57 bits per heavy atom. The van der Waals surface area contributed by atoms with Crippen molar-refractivity contribution in [1.29, 1.82) is 0 Å². The van der Waals surface area contributed by atoms with Gasteiger partial charge in [0.05, 0.1) is 0 Å². The third-order valence-electron chi connectivity index (χ3n) is 3.79. The zero-order valence-electron chi connectivity index (χ0n) is 11.8. The first-order valence-corrected chi connectivity index (χ1v) is 7.06. The predicted octanol–water partition coefficient (Wildman–Crippen LogP) is 4.80. The maximum Gasteiger partial charge on any atom is 0.170 e. The minimum absolute atomic E-state index is 0.194. The average Bonchev–Trinajstić information content (AvgIpc) is 2.94. The second-order valence-corrected chi connectivity index (χ2v) is 5.37. The normalized spacial score (nSPS) is 14.2. The van der Waals surface area contributed by atoms with Crippen LogP contribution in [0.5, 0.6) is 0 Å². The van der Waals surface area contributed by atoms with E-state index in [0.717, 1.165) is 0 Å². The highest BCUT2D eigenvalue weighted by molar-refractivity contribution is 5.78. The second-order valence-electron chi connectivity index (χ2n) is 5.37. The number of para-hydroxylation sites is 1. The van der Waals surface area contributed by atoms with Crippen molar-refractivity contribution < 1.29 is 13.9 Å². The van der Waals surface area contributed by atoms with Crippen LogP contribution in [0.25, 0.3) is 11.0 Å². The van der Waals surface area contributed by atoms with E-state index in [1.165, 1.54) is 11.6 Å². The molecule has 0 saturated carbocycles. The van der Waals surface area contributed by atoms with Crippen LogP contribution < -0.4 is 0 Å². The third kappa shape index (κ3) is 2.83. The van der Waals surface area contributed by atoms with E-state index in [9.17, 15) is 9.50 Å². The number of aliphatic hydroxyl groups excluding tert-OH is 1. The van der Waals surface area contributed by atoms with Crippen LogP contribution in [0.15, 0.2) is 59.0 Å². The molecule has 0 saturated heterocycles. The highest BCUT2D eigenvalue weighted by Gasteiger charge is 2.18. The van der Waals surface area contributed by atoms with Crippen LogP contribution in [0.1, 0.15) is 36.7 Å². The molecule has 2 atom stereocenters. The third-order valence-corrected chi connectivity index (χ3v) is 3.79. The summed E-state index contributed by atoms with van der Waals surface area (Å²) in [6.45, 7) is 2.06. The van der Waals surface area contributed by atoms with Gasteiger partial charge in [-0.25, -0.2) is 4.39 Å². The molecule has 0 aliphatic carbocycles. The predicted molar refractivity (Wildman–Crippen MR) is 80.6 cm³/mol. The number of fused-ring (bicyclic) bond motifs is 1. The van der Waals surface area contributed by atoms with Crippen LogP contribution in [0.4, 0.5) is 4.39 Å². The molecule has 3 aromatic rings. The first-order chi connectivity index (χ1) is 10.1. The van der Waals surface area contributed by atoms with Crippen molar-refractivity contribution in [3.63, 3.8) is 0 Å². The molecule has 21 heavy (non-hydrogen) atoms. The molecule has 2 unspecified atom stereocenters. The molecular formula is C18H17FO2. The Bertz CT molecular complexity index is 733.